The van der Waals surface area contributed by atoms with Crippen molar-refractivity contribution in [2.45, 2.75) is 52.5 Å². The maximum atomic E-state index is 10.4. The van der Waals surface area contributed by atoms with Crippen LogP contribution >= 0.6 is 0 Å². The van der Waals surface area contributed by atoms with Crippen LogP contribution in [-0.4, -0.2) is 67.7 Å². The summed E-state index contributed by atoms with van der Waals surface area (Å²) in [6, 6.07) is 1.76. The molecule has 2 aromatic heterocycles. The van der Waals surface area contributed by atoms with E-state index < -0.39 is 12.2 Å². The van der Waals surface area contributed by atoms with E-state index in [1.54, 1.807) is 0 Å². The van der Waals surface area contributed by atoms with Gasteiger partial charge in [0.05, 0.1) is 31.6 Å². The lowest BCUT2D eigenvalue weighted by Gasteiger charge is -2.40. The van der Waals surface area contributed by atoms with Crippen LogP contribution in [0.1, 0.15) is 30.8 Å². The van der Waals surface area contributed by atoms with Crippen molar-refractivity contribution in [3.05, 3.63) is 29.2 Å². The zero-order valence-corrected chi connectivity index (χ0v) is 15.4. The second kappa shape index (κ2) is 7.37. The molecular weight excluding hydrogens is 320 g/mol. The number of aryl methyl sites for hydroxylation is 2. The average molecular weight is 348 g/mol. The summed E-state index contributed by atoms with van der Waals surface area (Å²) in [5.74, 6) is 0.421. The molecule has 0 amide bonds. The summed E-state index contributed by atoms with van der Waals surface area (Å²) in [6.07, 6.45) is 0.180. The van der Waals surface area contributed by atoms with Crippen molar-refractivity contribution >= 4 is 5.65 Å². The summed E-state index contributed by atoms with van der Waals surface area (Å²) >= 11 is 0. The van der Waals surface area contributed by atoms with Gasteiger partial charge in [-0.1, -0.05) is 13.8 Å². The minimum atomic E-state index is -0.847. The summed E-state index contributed by atoms with van der Waals surface area (Å²) in [5, 5.41) is 24.9. The SMILES string of the molecule is Cc1cc(C)n2ncc(CN(CC(C)C)[C@@H]3COC[C@@H](O)[C@H]3O)c2n1. The van der Waals surface area contributed by atoms with Gasteiger partial charge in [-0.25, -0.2) is 9.50 Å². The molecule has 0 saturated carbocycles. The Kier molecular flexibility index (Phi) is 5.38. The van der Waals surface area contributed by atoms with Crippen molar-refractivity contribution in [1.82, 2.24) is 19.5 Å². The van der Waals surface area contributed by atoms with Crippen LogP contribution in [-0.2, 0) is 11.3 Å². The van der Waals surface area contributed by atoms with Crippen molar-refractivity contribution < 1.29 is 14.9 Å². The maximum absolute atomic E-state index is 10.4. The molecule has 138 valence electrons. The molecule has 0 unspecified atom stereocenters. The molecule has 2 aromatic rings. The van der Waals surface area contributed by atoms with E-state index in [4.69, 9.17) is 4.74 Å². The third kappa shape index (κ3) is 3.84. The van der Waals surface area contributed by atoms with E-state index in [0.717, 1.165) is 29.1 Å². The lowest BCUT2D eigenvalue weighted by Crippen LogP contribution is -2.56. The van der Waals surface area contributed by atoms with Gasteiger partial charge < -0.3 is 14.9 Å². The van der Waals surface area contributed by atoms with Gasteiger partial charge in [0, 0.05) is 30.0 Å². The average Bonchev–Trinajstić information content (AvgIpc) is 2.92. The first-order valence-corrected chi connectivity index (χ1v) is 8.85. The Morgan fingerprint density at radius 2 is 2.08 bits per heavy atom. The van der Waals surface area contributed by atoms with Gasteiger partial charge in [-0.3, -0.25) is 4.90 Å². The number of nitrogens with zero attached hydrogens (tertiary/aromatic N) is 4. The normalized spacial score (nSPS) is 24.6. The molecule has 2 N–H and O–H groups in total. The zero-order chi connectivity index (χ0) is 18.1. The smallest absolute Gasteiger partial charge is 0.159 e. The predicted molar refractivity (Wildman–Crippen MR) is 94.3 cm³/mol. The fourth-order valence-electron chi connectivity index (χ4n) is 3.52. The van der Waals surface area contributed by atoms with E-state index in [1.807, 2.05) is 30.6 Å². The molecule has 1 aliphatic rings. The van der Waals surface area contributed by atoms with Crippen LogP contribution < -0.4 is 0 Å². The molecule has 3 heterocycles. The molecule has 0 bridgehead atoms. The third-order valence-electron chi connectivity index (χ3n) is 4.66. The molecule has 3 atom stereocenters. The van der Waals surface area contributed by atoms with Crippen LogP contribution in [0.4, 0.5) is 0 Å². The number of aliphatic hydroxyl groups is 2. The Bertz CT molecular complexity index is 730. The molecule has 0 aromatic carbocycles. The predicted octanol–water partition coefficient (Wildman–Crippen LogP) is 0.925. The van der Waals surface area contributed by atoms with Gasteiger partial charge in [0.25, 0.3) is 0 Å². The van der Waals surface area contributed by atoms with Gasteiger partial charge in [0.15, 0.2) is 5.65 Å². The third-order valence-corrected chi connectivity index (χ3v) is 4.66. The number of aliphatic hydroxyl groups excluding tert-OH is 2. The molecule has 0 radical (unpaired) electrons. The molecule has 25 heavy (non-hydrogen) atoms. The Hall–Kier alpha value is -1.54. The molecule has 1 aliphatic heterocycles. The van der Waals surface area contributed by atoms with Crippen LogP contribution in [0.3, 0.4) is 0 Å². The standard InChI is InChI=1S/C18H28N4O3/c1-11(2)7-21(15-9-25-10-16(23)17(15)24)8-14-6-19-22-13(4)5-12(3)20-18(14)22/h5-6,11,15-17,23-24H,7-10H2,1-4H3/t15-,16-,17+/m1/s1. The zero-order valence-electron chi connectivity index (χ0n) is 15.4. The lowest BCUT2D eigenvalue weighted by molar-refractivity contribution is -0.135. The quantitative estimate of drug-likeness (QED) is 0.836. The molecular formula is C18H28N4O3. The molecule has 1 fully saturated rings. The molecule has 1 saturated heterocycles. The highest BCUT2D eigenvalue weighted by Crippen LogP contribution is 2.21. The summed E-state index contributed by atoms with van der Waals surface area (Å²) < 4.78 is 7.33. The fourth-order valence-corrected chi connectivity index (χ4v) is 3.52. The second-order valence-electron chi connectivity index (χ2n) is 7.43. The molecule has 0 spiro atoms. The summed E-state index contributed by atoms with van der Waals surface area (Å²) in [5.41, 5.74) is 3.86. The largest absolute Gasteiger partial charge is 0.389 e. The minimum absolute atomic E-state index is 0.184. The summed E-state index contributed by atoms with van der Waals surface area (Å²) in [4.78, 5) is 6.81. The van der Waals surface area contributed by atoms with E-state index in [1.165, 1.54) is 0 Å². The van der Waals surface area contributed by atoms with Crippen molar-refractivity contribution in [2.24, 2.45) is 5.92 Å². The first kappa shape index (κ1) is 18.3. The van der Waals surface area contributed by atoms with E-state index in [9.17, 15) is 10.2 Å². The molecule has 7 heteroatoms. The van der Waals surface area contributed by atoms with Gasteiger partial charge in [0.2, 0.25) is 0 Å². The van der Waals surface area contributed by atoms with E-state index in [-0.39, 0.29) is 12.6 Å². The fraction of sp³-hybridized carbons (Fsp3) is 0.667. The summed E-state index contributed by atoms with van der Waals surface area (Å²) in [6.45, 7) is 10.3. The first-order chi connectivity index (χ1) is 11.9. The summed E-state index contributed by atoms with van der Waals surface area (Å²) in [7, 11) is 0. The molecule has 7 nitrogen and oxygen atoms in total. The Morgan fingerprint density at radius 3 is 2.80 bits per heavy atom. The van der Waals surface area contributed by atoms with Crippen LogP contribution in [0.2, 0.25) is 0 Å². The van der Waals surface area contributed by atoms with E-state index in [2.05, 4.69) is 28.8 Å². The minimum Gasteiger partial charge on any atom is -0.389 e. The highest BCUT2D eigenvalue weighted by Gasteiger charge is 2.36. The van der Waals surface area contributed by atoms with Gasteiger partial charge in [0.1, 0.15) is 6.10 Å². The highest BCUT2D eigenvalue weighted by atomic mass is 16.5. The van der Waals surface area contributed by atoms with E-state index in [0.29, 0.717) is 19.1 Å². The van der Waals surface area contributed by atoms with Gasteiger partial charge in [-0.15, -0.1) is 0 Å². The first-order valence-electron chi connectivity index (χ1n) is 8.85. The van der Waals surface area contributed by atoms with Gasteiger partial charge in [-0.2, -0.15) is 5.10 Å². The van der Waals surface area contributed by atoms with Crippen LogP contribution in [0, 0.1) is 19.8 Å². The van der Waals surface area contributed by atoms with Gasteiger partial charge >= 0.3 is 0 Å². The van der Waals surface area contributed by atoms with Crippen molar-refractivity contribution in [3.63, 3.8) is 0 Å². The number of aromatic nitrogens is 3. The number of rotatable bonds is 5. The Balaban J connectivity index is 1.90. The van der Waals surface area contributed by atoms with Crippen LogP contribution in [0.5, 0.6) is 0 Å². The molecule has 3 rings (SSSR count). The van der Waals surface area contributed by atoms with Crippen molar-refractivity contribution in [2.75, 3.05) is 19.8 Å². The number of ether oxygens (including phenoxy) is 1. The second-order valence-corrected chi connectivity index (χ2v) is 7.43. The monoisotopic (exact) mass is 348 g/mol. The number of hydrogen-bond donors (Lipinski definition) is 2. The van der Waals surface area contributed by atoms with Crippen molar-refractivity contribution in [1.29, 1.82) is 0 Å². The lowest BCUT2D eigenvalue weighted by atomic mass is 10.0. The Labute approximate surface area is 148 Å². The number of fused-ring (bicyclic) bond motifs is 1. The van der Waals surface area contributed by atoms with Gasteiger partial charge in [-0.05, 0) is 25.8 Å². The Morgan fingerprint density at radius 1 is 1.32 bits per heavy atom. The van der Waals surface area contributed by atoms with Crippen LogP contribution in [0.25, 0.3) is 5.65 Å². The van der Waals surface area contributed by atoms with Crippen molar-refractivity contribution in [3.8, 4) is 0 Å². The maximum Gasteiger partial charge on any atom is 0.159 e. The molecule has 0 aliphatic carbocycles. The van der Waals surface area contributed by atoms with E-state index >= 15 is 0 Å². The highest BCUT2D eigenvalue weighted by molar-refractivity contribution is 5.47. The topological polar surface area (TPSA) is 83.1 Å². The van der Waals surface area contributed by atoms with Crippen LogP contribution in [0.15, 0.2) is 12.3 Å². The number of hydrogen-bond acceptors (Lipinski definition) is 6.